The summed E-state index contributed by atoms with van der Waals surface area (Å²) in [5.74, 6) is 1.86. The van der Waals surface area contributed by atoms with Gasteiger partial charge in [0.25, 0.3) is 0 Å². The van der Waals surface area contributed by atoms with Crippen molar-refractivity contribution in [2.24, 2.45) is 0 Å². The third-order valence-corrected chi connectivity index (χ3v) is 11.7. The molecular weight excluding hydrogens is 667 g/mol. The number of furan rings is 1. The van der Waals surface area contributed by atoms with E-state index in [1.54, 1.807) is 0 Å². The van der Waals surface area contributed by atoms with Crippen molar-refractivity contribution in [1.29, 1.82) is 0 Å². The van der Waals surface area contributed by atoms with Crippen LogP contribution in [0.5, 0.6) is 0 Å². The lowest BCUT2D eigenvalue weighted by atomic mass is 9.59. The minimum atomic E-state index is 0.606. The third-order valence-electron chi connectivity index (χ3n) is 11.7. The van der Waals surface area contributed by atoms with E-state index in [2.05, 4.69) is 141 Å². The molecule has 0 fully saturated rings. The zero-order valence-electron chi connectivity index (χ0n) is 31.5. The highest BCUT2D eigenvalue weighted by molar-refractivity contribution is 6.68. The molecule has 0 N–H and O–H groups in total. The molecule has 7 aromatic carbocycles. The Balaban J connectivity index is 1.14. The van der Waals surface area contributed by atoms with Crippen LogP contribution >= 0.6 is 0 Å². The normalized spacial score (nSPS) is 11.6. The lowest BCUT2D eigenvalue weighted by molar-refractivity contribution is 0.669. The maximum absolute atomic E-state index is 6.51. The highest BCUT2D eigenvalue weighted by Gasteiger charge is 2.20. The van der Waals surface area contributed by atoms with Crippen LogP contribution in [0.4, 0.5) is 0 Å². The van der Waals surface area contributed by atoms with Crippen LogP contribution in [0.3, 0.4) is 0 Å². The van der Waals surface area contributed by atoms with Crippen molar-refractivity contribution >= 4 is 110 Å². The van der Waals surface area contributed by atoms with E-state index in [-0.39, 0.29) is 0 Å². The summed E-state index contributed by atoms with van der Waals surface area (Å²) >= 11 is 0. The van der Waals surface area contributed by atoms with E-state index in [1.165, 1.54) is 49.2 Å². The van der Waals surface area contributed by atoms with Gasteiger partial charge in [-0.1, -0.05) is 108 Å². The summed E-state index contributed by atoms with van der Waals surface area (Å²) in [7, 11) is 11.1. The average Bonchev–Trinajstić information content (AvgIpc) is 3.78. The van der Waals surface area contributed by atoms with Gasteiger partial charge in [-0.15, -0.1) is 16.4 Å². The fraction of sp³-hybridized carbons (Fsp3) is 0. The molecule has 5 nitrogen and oxygen atoms in total. The SMILES string of the molecule is Bc1c(B)c(B)c(-c2ccc(-c3nc(-c4ccccc4)nc(-c4ccc5oc6cccc(-n7c8ccccc8c8ccccc87)c6c5c4)n3)cc2)c(B)c1B. The number of nitrogens with zero attached hydrogens (tertiary/aromatic N) is 4. The Bertz CT molecular complexity index is 3070. The van der Waals surface area contributed by atoms with Crippen molar-refractivity contribution < 1.29 is 4.42 Å². The number of rotatable bonds is 5. The number of benzene rings is 7. The molecule has 3 heterocycles. The molecule has 0 aliphatic rings. The largest absolute Gasteiger partial charge is 0.456 e. The molecule has 0 spiro atoms. The van der Waals surface area contributed by atoms with Crippen molar-refractivity contribution in [2.45, 2.75) is 0 Å². The molecule has 0 aliphatic heterocycles. The number of hydrogen-bond acceptors (Lipinski definition) is 4. The van der Waals surface area contributed by atoms with Crippen LogP contribution in [-0.4, -0.2) is 58.8 Å². The molecule has 0 unspecified atom stereocenters. The molecule has 0 atom stereocenters. The molecule has 3 aromatic heterocycles. The van der Waals surface area contributed by atoms with Crippen molar-refractivity contribution in [3.63, 3.8) is 0 Å². The highest BCUT2D eigenvalue weighted by Crippen LogP contribution is 2.39. The van der Waals surface area contributed by atoms with E-state index in [9.17, 15) is 0 Å². The predicted molar refractivity (Wildman–Crippen MR) is 244 cm³/mol. The second-order valence-electron chi connectivity index (χ2n) is 14.6. The van der Waals surface area contributed by atoms with Crippen LogP contribution in [0, 0.1) is 0 Å². The molecule has 0 saturated carbocycles. The number of aromatic nitrogens is 4. The topological polar surface area (TPSA) is 56.7 Å². The summed E-state index contributed by atoms with van der Waals surface area (Å²) in [5.41, 5.74) is 17.0. The van der Waals surface area contributed by atoms with Crippen LogP contribution in [0.25, 0.3) is 94.7 Å². The standard InChI is InChI=1S/C45H33B5N4O/c46-38-36(39(47)41(49)42(50)40(38)48)24-17-19-26(20-18-24)44-51-43(25-9-2-1-3-10-25)52-45(53-44)27-21-22-34-30(23-27)37-33(15-8-16-35(37)55-34)54-31-13-6-4-11-28(31)29-12-5-7-14-32(29)54/h1-23H,46-50H2. The second-order valence-corrected chi connectivity index (χ2v) is 14.6. The Morgan fingerprint density at radius 3 is 1.55 bits per heavy atom. The third kappa shape index (κ3) is 5.27. The van der Waals surface area contributed by atoms with Crippen LogP contribution in [0.2, 0.25) is 0 Å². The van der Waals surface area contributed by atoms with Crippen LogP contribution < -0.4 is 27.3 Å². The summed E-state index contributed by atoms with van der Waals surface area (Å²) in [6.07, 6.45) is 0. The van der Waals surface area contributed by atoms with Gasteiger partial charge in [0.05, 0.1) is 22.1 Å². The summed E-state index contributed by atoms with van der Waals surface area (Å²) in [6.45, 7) is 0. The number of hydrogen-bond donors (Lipinski definition) is 0. The smallest absolute Gasteiger partial charge is 0.164 e. The molecule has 0 saturated heterocycles. The first-order chi connectivity index (χ1) is 26.9. The van der Waals surface area contributed by atoms with E-state index in [4.69, 9.17) is 19.4 Å². The molecular formula is C45H33B5N4O. The first-order valence-electron chi connectivity index (χ1n) is 18.8. The Hall–Kier alpha value is -6.53. The highest BCUT2D eigenvalue weighted by atomic mass is 16.3. The molecule has 0 bridgehead atoms. The van der Waals surface area contributed by atoms with Crippen LogP contribution in [0.1, 0.15) is 0 Å². The minimum Gasteiger partial charge on any atom is -0.456 e. The zero-order valence-corrected chi connectivity index (χ0v) is 31.5. The number of fused-ring (bicyclic) bond motifs is 6. The number of para-hydroxylation sites is 2. The molecule has 254 valence electrons. The predicted octanol–water partition coefficient (Wildman–Crippen LogP) is 2.83. The molecule has 0 radical (unpaired) electrons. The van der Waals surface area contributed by atoms with Gasteiger partial charge in [0.15, 0.2) is 17.5 Å². The summed E-state index contributed by atoms with van der Waals surface area (Å²) in [5, 5.41) is 4.49. The van der Waals surface area contributed by atoms with Gasteiger partial charge in [0.2, 0.25) is 0 Å². The van der Waals surface area contributed by atoms with Crippen LogP contribution in [0.15, 0.2) is 144 Å². The summed E-state index contributed by atoms with van der Waals surface area (Å²) in [4.78, 5) is 15.3. The Morgan fingerprint density at radius 2 is 0.909 bits per heavy atom. The van der Waals surface area contributed by atoms with Gasteiger partial charge in [-0.3, -0.25) is 0 Å². The molecule has 55 heavy (non-hydrogen) atoms. The van der Waals surface area contributed by atoms with Gasteiger partial charge < -0.3 is 8.98 Å². The van der Waals surface area contributed by atoms with E-state index >= 15 is 0 Å². The van der Waals surface area contributed by atoms with E-state index in [1.807, 2.05) is 42.5 Å². The van der Waals surface area contributed by atoms with Gasteiger partial charge in [-0.25, -0.2) is 15.0 Å². The average molecular weight is 700 g/mol. The molecule has 0 amide bonds. The second kappa shape index (κ2) is 12.8. The van der Waals surface area contributed by atoms with Crippen molar-refractivity contribution in [1.82, 2.24) is 19.5 Å². The Kier molecular flexibility index (Phi) is 7.70. The van der Waals surface area contributed by atoms with E-state index in [0.717, 1.165) is 55.3 Å². The molecule has 0 aliphatic carbocycles. The minimum absolute atomic E-state index is 0.606. The van der Waals surface area contributed by atoms with E-state index in [0.29, 0.717) is 17.5 Å². The van der Waals surface area contributed by atoms with Gasteiger partial charge >= 0.3 is 0 Å². The lowest BCUT2D eigenvalue weighted by Crippen LogP contribution is -2.55. The first kappa shape index (κ1) is 33.1. The quantitative estimate of drug-likeness (QED) is 0.260. The monoisotopic (exact) mass is 700 g/mol. The van der Waals surface area contributed by atoms with E-state index < -0.39 is 0 Å². The molecule has 10 aromatic rings. The lowest BCUT2D eigenvalue weighted by Gasteiger charge is -2.20. The Labute approximate surface area is 323 Å². The van der Waals surface area contributed by atoms with Crippen molar-refractivity contribution in [3.05, 3.63) is 140 Å². The van der Waals surface area contributed by atoms with Gasteiger partial charge in [0, 0.05) is 32.8 Å². The maximum Gasteiger partial charge on any atom is 0.164 e. The Morgan fingerprint density at radius 1 is 0.400 bits per heavy atom. The zero-order chi connectivity index (χ0) is 37.4. The van der Waals surface area contributed by atoms with Crippen molar-refractivity contribution in [3.8, 4) is 51.0 Å². The van der Waals surface area contributed by atoms with Crippen molar-refractivity contribution in [2.75, 3.05) is 0 Å². The fourth-order valence-corrected chi connectivity index (χ4v) is 8.39. The molecule has 10 heteroatoms. The van der Waals surface area contributed by atoms with Gasteiger partial charge in [-0.05, 0) is 53.6 Å². The fourth-order valence-electron chi connectivity index (χ4n) is 8.39. The van der Waals surface area contributed by atoms with Gasteiger partial charge in [0.1, 0.15) is 50.4 Å². The maximum atomic E-state index is 6.51. The van der Waals surface area contributed by atoms with Crippen LogP contribution in [-0.2, 0) is 0 Å². The first-order valence-corrected chi connectivity index (χ1v) is 18.8. The molecule has 10 rings (SSSR count). The summed E-state index contributed by atoms with van der Waals surface area (Å²) < 4.78 is 8.87. The van der Waals surface area contributed by atoms with Gasteiger partial charge in [-0.2, -0.15) is 0 Å². The summed E-state index contributed by atoms with van der Waals surface area (Å²) in [6, 6.07) is 48.6.